The van der Waals surface area contributed by atoms with Crippen LogP contribution in [0.3, 0.4) is 0 Å². The van der Waals surface area contributed by atoms with Gasteiger partial charge in [-0.2, -0.15) is 0 Å². The van der Waals surface area contributed by atoms with Gasteiger partial charge in [-0.15, -0.1) is 0 Å². The van der Waals surface area contributed by atoms with Gasteiger partial charge in [0.15, 0.2) is 0 Å². The van der Waals surface area contributed by atoms with Crippen LogP contribution in [0.4, 0.5) is 0 Å². The van der Waals surface area contributed by atoms with Crippen LogP contribution in [-0.2, 0) is 5.41 Å². The van der Waals surface area contributed by atoms with Crippen molar-refractivity contribution < 1.29 is 0 Å². The molecule has 1 aliphatic rings. The SMILES string of the molecule is CC1(C)c2cc(-n3c(=O)n(-c4ccccc4)c4ccccc43)ccc2-c2ccc(-n3c(=O)n(-c4ccccc4)c4ccccc43)cc21. The summed E-state index contributed by atoms with van der Waals surface area (Å²) in [5, 5.41) is 0. The van der Waals surface area contributed by atoms with E-state index in [9.17, 15) is 9.59 Å². The van der Waals surface area contributed by atoms with Crippen LogP contribution in [-0.4, -0.2) is 18.3 Å². The van der Waals surface area contributed by atoms with Crippen LogP contribution in [0.1, 0.15) is 25.0 Å². The molecule has 0 unspecified atom stereocenters. The Bertz CT molecular complexity index is 2450. The maximum atomic E-state index is 14.1. The molecule has 0 amide bonds. The third kappa shape index (κ3) is 3.85. The van der Waals surface area contributed by atoms with Crippen LogP contribution < -0.4 is 11.4 Å². The first-order valence-corrected chi connectivity index (χ1v) is 15.8. The van der Waals surface area contributed by atoms with Gasteiger partial charge in [0.25, 0.3) is 0 Å². The van der Waals surface area contributed by atoms with Gasteiger partial charge in [-0.05, 0) is 95.1 Å². The summed E-state index contributed by atoms with van der Waals surface area (Å²) in [6.07, 6.45) is 0. The molecule has 0 radical (unpaired) electrons. The van der Waals surface area contributed by atoms with Crippen molar-refractivity contribution in [1.82, 2.24) is 18.3 Å². The number of fused-ring (bicyclic) bond motifs is 5. The standard InChI is InChI=1S/C41H30N4O2/c1-41(2)33-25-29(44-37-19-11-9-17-35(37)42(39(44)46)27-13-5-3-6-14-27)21-23-31(33)32-24-22-30(26-34(32)41)45-38-20-12-10-18-36(38)43(40(45)47)28-15-7-4-8-16-28/h3-26H,1-2H3. The molecule has 0 bridgehead atoms. The van der Waals surface area contributed by atoms with E-state index in [0.717, 1.165) is 67.1 Å². The van der Waals surface area contributed by atoms with Crippen LogP contribution >= 0.6 is 0 Å². The van der Waals surface area contributed by atoms with Gasteiger partial charge >= 0.3 is 11.4 Å². The largest absolute Gasteiger partial charge is 0.338 e. The Labute approximate surface area is 270 Å². The van der Waals surface area contributed by atoms with Gasteiger partial charge in [-0.3, -0.25) is 18.3 Å². The third-order valence-corrected chi connectivity index (χ3v) is 9.68. The molecule has 0 saturated carbocycles. The van der Waals surface area contributed by atoms with Crippen LogP contribution in [0, 0.1) is 0 Å². The molecule has 9 rings (SSSR count). The molecule has 226 valence electrons. The first-order chi connectivity index (χ1) is 22.9. The molecule has 6 heteroatoms. The molecule has 0 atom stereocenters. The van der Waals surface area contributed by atoms with Crippen molar-refractivity contribution in [3.05, 3.63) is 178 Å². The molecule has 6 nitrogen and oxygen atoms in total. The number of nitrogens with zero attached hydrogens (tertiary/aromatic N) is 4. The van der Waals surface area contributed by atoms with Gasteiger partial charge in [0.05, 0.1) is 44.8 Å². The maximum Gasteiger partial charge on any atom is 0.338 e. The number of hydrogen-bond donors (Lipinski definition) is 0. The van der Waals surface area contributed by atoms with E-state index >= 15 is 0 Å². The Morgan fingerprint density at radius 1 is 0.383 bits per heavy atom. The van der Waals surface area contributed by atoms with Gasteiger partial charge in [0.2, 0.25) is 0 Å². The lowest BCUT2D eigenvalue weighted by molar-refractivity contribution is 0.659. The second-order valence-corrected chi connectivity index (χ2v) is 12.6. The zero-order valence-corrected chi connectivity index (χ0v) is 26.0. The Morgan fingerprint density at radius 2 is 0.702 bits per heavy atom. The summed E-state index contributed by atoms with van der Waals surface area (Å²) in [7, 11) is 0. The summed E-state index contributed by atoms with van der Waals surface area (Å²) in [5.41, 5.74) is 10.7. The summed E-state index contributed by atoms with van der Waals surface area (Å²) in [6.45, 7) is 4.44. The molecule has 0 aliphatic heterocycles. The van der Waals surface area contributed by atoms with E-state index in [1.165, 1.54) is 0 Å². The highest BCUT2D eigenvalue weighted by Gasteiger charge is 2.36. The molecule has 0 fully saturated rings. The average molecular weight is 611 g/mol. The average Bonchev–Trinajstić information content (AvgIpc) is 3.66. The molecule has 2 aromatic heterocycles. The van der Waals surface area contributed by atoms with Crippen molar-refractivity contribution >= 4 is 22.1 Å². The van der Waals surface area contributed by atoms with E-state index < -0.39 is 0 Å². The second kappa shape index (κ2) is 9.93. The molecule has 47 heavy (non-hydrogen) atoms. The molecule has 2 heterocycles. The summed E-state index contributed by atoms with van der Waals surface area (Å²) in [6, 6.07) is 48.1. The Kier molecular flexibility index (Phi) is 5.74. The van der Waals surface area contributed by atoms with Crippen LogP contribution in [0.2, 0.25) is 0 Å². The van der Waals surface area contributed by atoms with Crippen molar-refractivity contribution in [3.8, 4) is 33.9 Å². The smallest absolute Gasteiger partial charge is 0.260 e. The van der Waals surface area contributed by atoms with E-state index in [1.807, 2.05) is 130 Å². The van der Waals surface area contributed by atoms with Gasteiger partial charge in [-0.25, -0.2) is 9.59 Å². The van der Waals surface area contributed by atoms with Gasteiger partial charge in [0, 0.05) is 5.41 Å². The van der Waals surface area contributed by atoms with Gasteiger partial charge in [0.1, 0.15) is 0 Å². The number of hydrogen-bond acceptors (Lipinski definition) is 2. The molecule has 0 N–H and O–H groups in total. The minimum absolute atomic E-state index is 0.109. The highest BCUT2D eigenvalue weighted by molar-refractivity contribution is 5.86. The van der Waals surface area contributed by atoms with E-state index in [2.05, 4.69) is 38.1 Å². The van der Waals surface area contributed by atoms with Gasteiger partial charge in [-0.1, -0.05) is 86.6 Å². The fourth-order valence-corrected chi connectivity index (χ4v) is 7.44. The molecule has 0 saturated heterocycles. The van der Waals surface area contributed by atoms with Crippen molar-refractivity contribution in [3.63, 3.8) is 0 Å². The molecule has 8 aromatic rings. The molecule has 0 spiro atoms. The van der Waals surface area contributed by atoms with Crippen molar-refractivity contribution in [2.45, 2.75) is 19.3 Å². The predicted octanol–water partition coefficient (Wildman–Crippen LogP) is 8.18. The number of aromatic nitrogens is 4. The second-order valence-electron chi connectivity index (χ2n) is 12.6. The number of imidazole rings is 2. The lowest BCUT2D eigenvalue weighted by Gasteiger charge is -2.22. The summed E-state index contributed by atoms with van der Waals surface area (Å²) in [4.78, 5) is 28.2. The monoisotopic (exact) mass is 610 g/mol. The summed E-state index contributed by atoms with van der Waals surface area (Å²) in [5.74, 6) is 0. The van der Waals surface area contributed by atoms with E-state index in [-0.39, 0.29) is 16.8 Å². The fourth-order valence-electron chi connectivity index (χ4n) is 7.44. The van der Waals surface area contributed by atoms with Crippen molar-refractivity contribution in [1.29, 1.82) is 0 Å². The van der Waals surface area contributed by atoms with Crippen LogP contribution in [0.5, 0.6) is 0 Å². The fraction of sp³-hybridized carbons (Fsp3) is 0.0732. The highest BCUT2D eigenvalue weighted by atomic mass is 16.2. The van der Waals surface area contributed by atoms with Crippen LogP contribution in [0.15, 0.2) is 155 Å². The molecular formula is C41H30N4O2. The lowest BCUT2D eigenvalue weighted by Crippen LogP contribution is -2.23. The number of benzene rings is 6. The van der Waals surface area contributed by atoms with Crippen molar-refractivity contribution in [2.75, 3.05) is 0 Å². The lowest BCUT2D eigenvalue weighted by atomic mass is 9.82. The molecule has 6 aromatic carbocycles. The predicted molar refractivity (Wildman–Crippen MR) is 189 cm³/mol. The molecular weight excluding hydrogens is 580 g/mol. The highest BCUT2D eigenvalue weighted by Crippen LogP contribution is 2.50. The Hall–Kier alpha value is -6.14. The molecule has 1 aliphatic carbocycles. The number of para-hydroxylation sites is 6. The van der Waals surface area contributed by atoms with Gasteiger partial charge < -0.3 is 0 Å². The van der Waals surface area contributed by atoms with E-state index in [4.69, 9.17) is 0 Å². The van der Waals surface area contributed by atoms with Crippen LogP contribution in [0.25, 0.3) is 55.9 Å². The zero-order valence-electron chi connectivity index (χ0n) is 26.0. The first kappa shape index (κ1) is 27.2. The Balaban J connectivity index is 1.20. The normalized spacial score (nSPS) is 13.2. The quantitative estimate of drug-likeness (QED) is 0.202. The minimum Gasteiger partial charge on any atom is -0.260 e. The number of rotatable bonds is 4. The topological polar surface area (TPSA) is 53.9 Å². The Morgan fingerprint density at radius 3 is 1.06 bits per heavy atom. The van der Waals surface area contributed by atoms with E-state index in [1.54, 1.807) is 9.13 Å². The third-order valence-electron chi connectivity index (χ3n) is 9.68. The zero-order chi connectivity index (χ0) is 31.9. The minimum atomic E-state index is -0.375. The summed E-state index contributed by atoms with van der Waals surface area (Å²) < 4.78 is 7.17. The van der Waals surface area contributed by atoms with E-state index in [0.29, 0.717) is 0 Å². The summed E-state index contributed by atoms with van der Waals surface area (Å²) >= 11 is 0. The van der Waals surface area contributed by atoms with Crippen molar-refractivity contribution in [2.24, 2.45) is 0 Å². The first-order valence-electron chi connectivity index (χ1n) is 15.8. The maximum absolute atomic E-state index is 14.1.